The van der Waals surface area contributed by atoms with Gasteiger partial charge in [0, 0.05) is 38.3 Å². The molecule has 2 aliphatic heterocycles. The van der Waals surface area contributed by atoms with Gasteiger partial charge in [0.1, 0.15) is 0 Å². The first-order valence-corrected chi connectivity index (χ1v) is 7.53. The summed E-state index contributed by atoms with van der Waals surface area (Å²) in [5.74, 6) is 0.0985. The van der Waals surface area contributed by atoms with Gasteiger partial charge in [0.05, 0.1) is 19.3 Å². The molecule has 1 fully saturated rings. The third-order valence-corrected chi connectivity index (χ3v) is 4.15. The number of ether oxygens (including phenoxy) is 1. The number of hydrogen-bond donors (Lipinski definition) is 1. The first-order valence-electron chi connectivity index (χ1n) is 7.53. The highest BCUT2D eigenvalue weighted by Crippen LogP contribution is 2.21. The van der Waals surface area contributed by atoms with Crippen LogP contribution in [0.5, 0.6) is 0 Å². The van der Waals surface area contributed by atoms with Gasteiger partial charge in [-0.15, -0.1) is 0 Å². The predicted octanol–water partition coefficient (Wildman–Crippen LogP) is 0.855. The van der Waals surface area contributed by atoms with Gasteiger partial charge in [-0.05, 0) is 30.2 Å². The first kappa shape index (κ1) is 14.5. The van der Waals surface area contributed by atoms with Gasteiger partial charge in [0.15, 0.2) is 0 Å². The van der Waals surface area contributed by atoms with E-state index in [1.165, 1.54) is 5.56 Å². The van der Waals surface area contributed by atoms with Crippen molar-refractivity contribution >= 4 is 5.91 Å². The van der Waals surface area contributed by atoms with E-state index in [2.05, 4.69) is 4.90 Å². The van der Waals surface area contributed by atoms with Crippen LogP contribution in [-0.2, 0) is 18.0 Å². The molecule has 0 saturated carbocycles. The lowest BCUT2D eigenvalue weighted by Gasteiger charge is -2.35. The summed E-state index contributed by atoms with van der Waals surface area (Å²) in [5.41, 5.74) is 3.07. The van der Waals surface area contributed by atoms with Crippen molar-refractivity contribution < 1.29 is 14.6 Å². The lowest BCUT2D eigenvalue weighted by Crippen LogP contribution is -2.50. The molecule has 0 spiro atoms. The molecule has 2 heterocycles. The van der Waals surface area contributed by atoms with Crippen molar-refractivity contribution in [3.8, 4) is 0 Å². The summed E-state index contributed by atoms with van der Waals surface area (Å²) in [6.45, 7) is 6.83. The second kappa shape index (κ2) is 6.13. The third-order valence-electron chi connectivity index (χ3n) is 4.15. The van der Waals surface area contributed by atoms with Crippen molar-refractivity contribution in [2.75, 3.05) is 32.7 Å². The zero-order chi connectivity index (χ0) is 14.8. The maximum absolute atomic E-state index is 12.5. The summed E-state index contributed by atoms with van der Waals surface area (Å²) in [6, 6.07) is 5.87. The average molecular weight is 290 g/mol. The van der Waals surface area contributed by atoms with Crippen molar-refractivity contribution in [3.05, 3.63) is 34.9 Å². The second-order valence-corrected chi connectivity index (χ2v) is 5.92. The Hall–Kier alpha value is -1.43. The van der Waals surface area contributed by atoms with Gasteiger partial charge in [0.25, 0.3) is 5.91 Å². The van der Waals surface area contributed by atoms with Crippen LogP contribution in [0.25, 0.3) is 0 Å². The molecule has 0 unspecified atom stereocenters. The number of fused-ring (bicyclic) bond motifs is 1. The van der Waals surface area contributed by atoms with Crippen LogP contribution in [0.4, 0.5) is 0 Å². The number of benzene rings is 1. The molecule has 5 heteroatoms. The topological polar surface area (TPSA) is 53.0 Å². The lowest BCUT2D eigenvalue weighted by molar-refractivity contribution is 0.0554. The molecule has 5 nitrogen and oxygen atoms in total. The number of β-amino-alcohol motifs (C(OH)–C–C–N with tert-alkyl or cyclic N) is 1. The van der Waals surface area contributed by atoms with Crippen molar-refractivity contribution in [3.63, 3.8) is 0 Å². The number of piperazine rings is 1. The highest BCUT2D eigenvalue weighted by Gasteiger charge is 2.23. The highest BCUT2D eigenvalue weighted by atomic mass is 16.5. The van der Waals surface area contributed by atoms with E-state index in [1.807, 2.05) is 23.1 Å². The molecule has 1 atom stereocenters. The monoisotopic (exact) mass is 290 g/mol. The van der Waals surface area contributed by atoms with Gasteiger partial charge in [-0.2, -0.15) is 0 Å². The van der Waals surface area contributed by atoms with Gasteiger partial charge in [-0.3, -0.25) is 9.69 Å². The number of aliphatic hydroxyl groups excluding tert-OH is 1. The van der Waals surface area contributed by atoms with E-state index >= 15 is 0 Å². The lowest BCUT2D eigenvalue weighted by atomic mass is 10.1. The van der Waals surface area contributed by atoms with E-state index in [-0.39, 0.29) is 12.0 Å². The number of rotatable bonds is 3. The average Bonchev–Trinajstić information content (AvgIpc) is 2.94. The summed E-state index contributed by atoms with van der Waals surface area (Å²) < 4.78 is 5.39. The molecule has 2 aliphatic rings. The van der Waals surface area contributed by atoms with E-state index in [0.29, 0.717) is 19.8 Å². The molecule has 0 bridgehead atoms. The van der Waals surface area contributed by atoms with Crippen LogP contribution in [0, 0.1) is 0 Å². The summed E-state index contributed by atoms with van der Waals surface area (Å²) in [4.78, 5) is 16.6. The smallest absolute Gasteiger partial charge is 0.253 e. The fraction of sp³-hybridized carbons (Fsp3) is 0.562. The Morgan fingerprint density at radius 2 is 1.95 bits per heavy atom. The molecule has 0 aromatic heterocycles. The van der Waals surface area contributed by atoms with Crippen LogP contribution >= 0.6 is 0 Å². The van der Waals surface area contributed by atoms with E-state index in [9.17, 15) is 9.90 Å². The maximum Gasteiger partial charge on any atom is 0.253 e. The molecule has 1 amide bonds. The van der Waals surface area contributed by atoms with Crippen LogP contribution < -0.4 is 0 Å². The molecular formula is C16H22N2O3. The molecule has 21 heavy (non-hydrogen) atoms. The third kappa shape index (κ3) is 3.26. The number of carbonyl (C=O) groups excluding carboxylic acids is 1. The Bertz CT molecular complexity index is 522. The molecule has 1 aromatic carbocycles. The number of hydrogen-bond acceptors (Lipinski definition) is 4. The largest absolute Gasteiger partial charge is 0.392 e. The number of carbonyl (C=O) groups is 1. The molecule has 0 aliphatic carbocycles. The normalized spacial score (nSPS) is 20.4. The second-order valence-electron chi connectivity index (χ2n) is 5.92. The van der Waals surface area contributed by atoms with E-state index < -0.39 is 0 Å². The van der Waals surface area contributed by atoms with Gasteiger partial charge in [-0.1, -0.05) is 6.07 Å². The van der Waals surface area contributed by atoms with Crippen molar-refractivity contribution in [1.29, 1.82) is 0 Å². The van der Waals surface area contributed by atoms with Crippen molar-refractivity contribution in [1.82, 2.24) is 9.80 Å². The van der Waals surface area contributed by atoms with Gasteiger partial charge in [-0.25, -0.2) is 0 Å². The minimum Gasteiger partial charge on any atom is -0.392 e. The Balaban J connectivity index is 1.61. The summed E-state index contributed by atoms with van der Waals surface area (Å²) in [7, 11) is 0. The molecule has 114 valence electrons. The highest BCUT2D eigenvalue weighted by molar-refractivity contribution is 5.94. The molecule has 1 N–H and O–H groups in total. The molecule has 0 radical (unpaired) electrons. The Morgan fingerprint density at radius 3 is 2.67 bits per heavy atom. The zero-order valence-corrected chi connectivity index (χ0v) is 12.4. The van der Waals surface area contributed by atoms with Crippen LogP contribution in [0.15, 0.2) is 18.2 Å². The number of nitrogens with zero attached hydrogens (tertiary/aromatic N) is 2. The Morgan fingerprint density at radius 1 is 1.24 bits per heavy atom. The van der Waals surface area contributed by atoms with E-state index in [0.717, 1.165) is 37.3 Å². The summed E-state index contributed by atoms with van der Waals surface area (Å²) in [5, 5.41) is 9.41. The Kier molecular flexibility index (Phi) is 4.24. The van der Waals surface area contributed by atoms with Crippen LogP contribution in [0.1, 0.15) is 28.4 Å². The minimum absolute atomic E-state index is 0.0985. The number of aliphatic hydroxyl groups is 1. The standard InChI is InChI=1S/C16H22N2O3/c1-12(19)9-17-4-6-18(7-5-17)16(20)13-2-3-14-10-21-11-15(14)8-13/h2-3,8,12,19H,4-7,9-11H2,1H3/t12-/m0/s1. The number of amides is 1. The van der Waals surface area contributed by atoms with Crippen molar-refractivity contribution in [2.45, 2.75) is 26.2 Å². The van der Waals surface area contributed by atoms with E-state index in [1.54, 1.807) is 6.92 Å². The van der Waals surface area contributed by atoms with Crippen LogP contribution in [0.2, 0.25) is 0 Å². The first-order chi connectivity index (χ1) is 10.1. The molecule has 1 aromatic rings. The van der Waals surface area contributed by atoms with Crippen LogP contribution in [0.3, 0.4) is 0 Å². The maximum atomic E-state index is 12.5. The molecular weight excluding hydrogens is 268 g/mol. The SMILES string of the molecule is C[C@H](O)CN1CCN(C(=O)c2ccc3c(c2)COC3)CC1. The summed E-state index contributed by atoms with van der Waals surface area (Å²) in [6.07, 6.45) is -0.316. The molecule has 3 rings (SSSR count). The van der Waals surface area contributed by atoms with Crippen molar-refractivity contribution in [2.24, 2.45) is 0 Å². The van der Waals surface area contributed by atoms with Gasteiger partial charge in [0.2, 0.25) is 0 Å². The fourth-order valence-corrected chi connectivity index (χ4v) is 2.99. The summed E-state index contributed by atoms with van der Waals surface area (Å²) >= 11 is 0. The fourth-order valence-electron chi connectivity index (χ4n) is 2.99. The minimum atomic E-state index is -0.316. The quantitative estimate of drug-likeness (QED) is 0.897. The molecule has 1 saturated heterocycles. The van der Waals surface area contributed by atoms with E-state index in [4.69, 9.17) is 4.74 Å². The van der Waals surface area contributed by atoms with Crippen LogP contribution in [-0.4, -0.2) is 59.6 Å². The van der Waals surface area contributed by atoms with Gasteiger partial charge >= 0.3 is 0 Å². The Labute approximate surface area is 125 Å². The zero-order valence-electron chi connectivity index (χ0n) is 12.4. The van der Waals surface area contributed by atoms with Gasteiger partial charge < -0.3 is 14.7 Å². The predicted molar refractivity (Wildman–Crippen MR) is 79.0 cm³/mol.